The molecule has 0 heteroatoms. The van der Waals surface area contributed by atoms with E-state index in [-0.39, 0.29) is 0 Å². The van der Waals surface area contributed by atoms with Gasteiger partial charge >= 0.3 is 0 Å². The van der Waals surface area contributed by atoms with Crippen molar-refractivity contribution in [3.05, 3.63) is 0 Å². The molecule has 0 aromatic rings. The molecule has 0 nitrogen and oxygen atoms in total. The van der Waals surface area contributed by atoms with Crippen LogP contribution in [0.15, 0.2) is 0 Å². The van der Waals surface area contributed by atoms with Gasteiger partial charge in [-0.15, -0.1) is 0 Å². The molecule has 0 saturated heterocycles. The molecule has 102 valence electrons. The van der Waals surface area contributed by atoms with Crippen molar-refractivity contribution in [1.82, 2.24) is 0 Å². The van der Waals surface area contributed by atoms with Crippen LogP contribution >= 0.6 is 0 Å². The highest BCUT2D eigenvalue weighted by molar-refractivity contribution is 4.74. The van der Waals surface area contributed by atoms with Gasteiger partial charge in [0.15, 0.2) is 0 Å². The van der Waals surface area contributed by atoms with Crippen LogP contribution in [0.25, 0.3) is 0 Å². The zero-order chi connectivity index (χ0) is 12.3. The molecule has 1 aliphatic carbocycles. The third kappa shape index (κ3) is 6.48. The molecule has 1 saturated carbocycles. The lowest BCUT2D eigenvalue weighted by Gasteiger charge is -2.30. The fraction of sp³-hybridized carbons (Fsp3) is 1.00. The van der Waals surface area contributed by atoms with E-state index in [9.17, 15) is 0 Å². The maximum absolute atomic E-state index is 2.37. The second-order valence-electron chi connectivity index (χ2n) is 6.15. The van der Waals surface area contributed by atoms with Gasteiger partial charge < -0.3 is 0 Å². The van der Waals surface area contributed by atoms with Crippen LogP contribution in [0.4, 0.5) is 0 Å². The van der Waals surface area contributed by atoms with Gasteiger partial charge in [0.2, 0.25) is 0 Å². The summed E-state index contributed by atoms with van der Waals surface area (Å²) in [5.74, 6) is 2.16. The summed E-state index contributed by atoms with van der Waals surface area (Å²) in [5.41, 5.74) is 0. The Bertz CT molecular complexity index is 155. The lowest BCUT2D eigenvalue weighted by atomic mass is 9.76. The molecule has 0 spiro atoms. The van der Waals surface area contributed by atoms with Crippen molar-refractivity contribution in [3.63, 3.8) is 0 Å². The monoisotopic (exact) mass is 238 g/mol. The topological polar surface area (TPSA) is 0 Å². The summed E-state index contributed by atoms with van der Waals surface area (Å²) in [6, 6.07) is 0. The molecule has 17 heavy (non-hydrogen) atoms. The largest absolute Gasteiger partial charge is 0.0654 e. The van der Waals surface area contributed by atoms with E-state index in [1.807, 2.05) is 0 Å². The zero-order valence-electron chi connectivity index (χ0n) is 12.3. The molecular formula is C17H34. The minimum absolute atomic E-state index is 1.07. The minimum atomic E-state index is 1.07. The standard InChI is InChI=1S/C17H34/c1-3-5-6-7-9-13-16(12-4-2)17-14-10-8-11-15-17/h16-17H,3-15H2,1-2H3. The van der Waals surface area contributed by atoms with Crippen LogP contribution in [0.1, 0.15) is 97.3 Å². The molecule has 0 aromatic heterocycles. The van der Waals surface area contributed by atoms with E-state index in [0.717, 1.165) is 11.8 Å². The van der Waals surface area contributed by atoms with Gasteiger partial charge in [0.1, 0.15) is 0 Å². The van der Waals surface area contributed by atoms with Gasteiger partial charge in [-0.1, -0.05) is 97.3 Å². The maximum atomic E-state index is 2.37. The SMILES string of the molecule is CCCCCCCC(CCC)C1CCCCC1. The highest BCUT2D eigenvalue weighted by atomic mass is 14.3. The van der Waals surface area contributed by atoms with Crippen LogP contribution in [-0.2, 0) is 0 Å². The molecule has 0 amide bonds. The Morgan fingerprint density at radius 1 is 0.765 bits per heavy atom. The second-order valence-corrected chi connectivity index (χ2v) is 6.15. The summed E-state index contributed by atoms with van der Waals surface area (Å²) in [6.07, 6.45) is 19.3. The number of hydrogen-bond acceptors (Lipinski definition) is 0. The van der Waals surface area contributed by atoms with Crippen LogP contribution in [0.5, 0.6) is 0 Å². The summed E-state index contributed by atoms with van der Waals surface area (Å²) < 4.78 is 0. The van der Waals surface area contributed by atoms with Crippen LogP contribution in [-0.4, -0.2) is 0 Å². The lowest BCUT2D eigenvalue weighted by molar-refractivity contribution is 0.218. The van der Waals surface area contributed by atoms with Crippen molar-refractivity contribution in [2.45, 2.75) is 97.3 Å². The lowest BCUT2D eigenvalue weighted by Crippen LogP contribution is -2.18. The van der Waals surface area contributed by atoms with Gasteiger partial charge in [-0.25, -0.2) is 0 Å². The van der Waals surface area contributed by atoms with Gasteiger partial charge in [0.25, 0.3) is 0 Å². The van der Waals surface area contributed by atoms with Crippen LogP contribution in [0, 0.1) is 11.8 Å². The third-order valence-electron chi connectivity index (χ3n) is 4.65. The zero-order valence-corrected chi connectivity index (χ0v) is 12.3. The van der Waals surface area contributed by atoms with Gasteiger partial charge in [0.05, 0.1) is 0 Å². The number of unbranched alkanes of at least 4 members (excludes halogenated alkanes) is 4. The predicted octanol–water partition coefficient (Wildman–Crippen LogP) is 6.34. The van der Waals surface area contributed by atoms with E-state index in [1.165, 1.54) is 70.6 Å². The molecule has 0 aliphatic heterocycles. The molecule has 1 unspecified atom stereocenters. The number of rotatable bonds is 9. The van der Waals surface area contributed by atoms with Crippen LogP contribution in [0.3, 0.4) is 0 Å². The summed E-state index contributed by atoms with van der Waals surface area (Å²) in [6.45, 7) is 4.68. The fourth-order valence-corrected chi connectivity index (χ4v) is 3.60. The Kier molecular flexibility index (Phi) is 8.83. The van der Waals surface area contributed by atoms with Gasteiger partial charge in [-0.2, -0.15) is 0 Å². The maximum Gasteiger partial charge on any atom is -0.0386 e. The minimum Gasteiger partial charge on any atom is -0.0654 e. The molecule has 0 heterocycles. The normalized spacial score (nSPS) is 19.4. The van der Waals surface area contributed by atoms with Crippen LogP contribution in [0.2, 0.25) is 0 Å². The number of hydrogen-bond donors (Lipinski definition) is 0. The highest BCUT2D eigenvalue weighted by Gasteiger charge is 2.22. The van der Waals surface area contributed by atoms with Gasteiger partial charge in [0, 0.05) is 0 Å². The molecular weight excluding hydrogens is 204 g/mol. The first kappa shape index (κ1) is 15.1. The average molecular weight is 238 g/mol. The third-order valence-corrected chi connectivity index (χ3v) is 4.65. The van der Waals surface area contributed by atoms with E-state index < -0.39 is 0 Å². The predicted molar refractivity (Wildman–Crippen MR) is 78.3 cm³/mol. The molecule has 1 atom stereocenters. The van der Waals surface area contributed by atoms with E-state index in [0.29, 0.717) is 0 Å². The Hall–Kier alpha value is 0. The average Bonchev–Trinajstić information content (AvgIpc) is 2.38. The summed E-state index contributed by atoms with van der Waals surface area (Å²) in [4.78, 5) is 0. The van der Waals surface area contributed by atoms with Crippen molar-refractivity contribution in [3.8, 4) is 0 Å². The molecule has 0 aromatic carbocycles. The van der Waals surface area contributed by atoms with Crippen molar-refractivity contribution in [2.75, 3.05) is 0 Å². The quantitative estimate of drug-likeness (QED) is 0.411. The van der Waals surface area contributed by atoms with E-state index in [2.05, 4.69) is 13.8 Å². The molecule has 0 N–H and O–H groups in total. The smallest absolute Gasteiger partial charge is 0.0386 e. The summed E-state index contributed by atoms with van der Waals surface area (Å²) >= 11 is 0. The van der Waals surface area contributed by atoms with Crippen molar-refractivity contribution in [2.24, 2.45) is 11.8 Å². The van der Waals surface area contributed by atoms with Crippen LogP contribution < -0.4 is 0 Å². The van der Waals surface area contributed by atoms with E-state index in [4.69, 9.17) is 0 Å². The van der Waals surface area contributed by atoms with Crippen molar-refractivity contribution >= 4 is 0 Å². The Balaban J connectivity index is 2.17. The van der Waals surface area contributed by atoms with E-state index >= 15 is 0 Å². The molecule has 1 rings (SSSR count). The fourth-order valence-electron chi connectivity index (χ4n) is 3.60. The van der Waals surface area contributed by atoms with Crippen molar-refractivity contribution < 1.29 is 0 Å². The molecule has 1 aliphatic rings. The Morgan fingerprint density at radius 3 is 2.12 bits per heavy atom. The Morgan fingerprint density at radius 2 is 1.47 bits per heavy atom. The first-order valence-corrected chi connectivity index (χ1v) is 8.38. The van der Waals surface area contributed by atoms with Crippen molar-refractivity contribution in [1.29, 1.82) is 0 Å². The second kappa shape index (κ2) is 9.97. The first-order chi connectivity index (χ1) is 8.38. The summed E-state index contributed by atoms with van der Waals surface area (Å²) in [7, 11) is 0. The Labute approximate surface area is 110 Å². The molecule has 1 fully saturated rings. The highest BCUT2D eigenvalue weighted by Crippen LogP contribution is 2.35. The van der Waals surface area contributed by atoms with E-state index in [1.54, 1.807) is 12.8 Å². The van der Waals surface area contributed by atoms with Gasteiger partial charge in [-0.05, 0) is 11.8 Å². The van der Waals surface area contributed by atoms with Gasteiger partial charge in [-0.3, -0.25) is 0 Å². The summed E-state index contributed by atoms with van der Waals surface area (Å²) in [5, 5.41) is 0. The molecule has 0 bridgehead atoms. The first-order valence-electron chi connectivity index (χ1n) is 8.38. The molecule has 0 radical (unpaired) electrons.